The Morgan fingerprint density at radius 3 is 2.38 bits per heavy atom. The summed E-state index contributed by atoms with van der Waals surface area (Å²) in [5.74, 6) is 0. The smallest absolute Gasteiger partial charge is 0.188 e. The van der Waals surface area contributed by atoms with Gasteiger partial charge in [0.2, 0.25) is 0 Å². The maximum absolute atomic E-state index is 11.6. The first-order chi connectivity index (χ1) is 5.81. The lowest BCUT2D eigenvalue weighted by molar-refractivity contribution is -0.0582. The van der Waals surface area contributed by atoms with Gasteiger partial charge in [0.05, 0.1) is 0 Å². The summed E-state index contributed by atoms with van der Waals surface area (Å²) in [4.78, 5) is 0. The average molecular weight is 219 g/mol. The van der Waals surface area contributed by atoms with E-state index >= 15 is 0 Å². The van der Waals surface area contributed by atoms with E-state index in [0.717, 1.165) is 0 Å². The van der Waals surface area contributed by atoms with E-state index in [1.54, 1.807) is 5.48 Å². The Bertz CT molecular complexity index is 259. The molecule has 0 fully saturated rings. The average Bonchev–Trinajstić information content (AvgIpc) is 1.96. The Balaban J connectivity index is 3.99. The summed E-state index contributed by atoms with van der Waals surface area (Å²) >= 11 is 0. The van der Waals surface area contributed by atoms with E-state index in [-0.39, 0.29) is 6.54 Å². The highest BCUT2D eigenvalue weighted by Crippen LogP contribution is 2.23. The summed E-state index contributed by atoms with van der Waals surface area (Å²) < 4.78 is 58.5. The minimum atomic E-state index is -5.52. The highest BCUT2D eigenvalue weighted by atomic mass is 32.2. The number of halogens is 3. The summed E-state index contributed by atoms with van der Waals surface area (Å²) in [6.07, 6.45) is 1.70. The normalized spacial score (nSPS) is 12.8. The number of hydrogen-bond acceptors (Lipinski definition) is 4. The predicted molar refractivity (Wildman–Crippen MR) is 38.9 cm³/mol. The molecule has 0 aliphatic carbocycles. The number of alkyl halides is 3. The van der Waals surface area contributed by atoms with Gasteiger partial charge in [-0.15, -0.1) is 6.58 Å². The van der Waals surface area contributed by atoms with Gasteiger partial charge in [-0.2, -0.15) is 31.4 Å². The van der Waals surface area contributed by atoms with Crippen LogP contribution < -0.4 is 5.48 Å². The Labute approximate surface area is 73.5 Å². The second kappa shape index (κ2) is 4.58. The quantitative estimate of drug-likeness (QED) is 0.323. The first-order valence-corrected chi connectivity index (χ1v) is 4.55. The lowest BCUT2D eigenvalue weighted by Crippen LogP contribution is -2.31. The molecule has 0 bridgehead atoms. The summed E-state index contributed by atoms with van der Waals surface area (Å²) in [7, 11) is -5.52. The zero-order valence-corrected chi connectivity index (χ0v) is 7.28. The Morgan fingerprint density at radius 1 is 1.46 bits per heavy atom. The Kier molecular flexibility index (Phi) is 4.37. The van der Waals surface area contributed by atoms with Crippen LogP contribution in [-0.4, -0.2) is 20.5 Å². The monoisotopic (exact) mass is 219 g/mol. The summed E-state index contributed by atoms with van der Waals surface area (Å²) in [5, 5.41) is 0. The minimum Gasteiger partial charge on any atom is -0.188 e. The van der Waals surface area contributed by atoms with Crippen molar-refractivity contribution in [3.63, 3.8) is 0 Å². The van der Waals surface area contributed by atoms with Crippen LogP contribution in [0.25, 0.3) is 0 Å². The summed E-state index contributed by atoms with van der Waals surface area (Å²) in [6, 6.07) is 0. The molecule has 0 aromatic rings. The molecule has 0 radical (unpaired) electrons. The van der Waals surface area contributed by atoms with Gasteiger partial charge >= 0.3 is 15.6 Å². The molecule has 0 aromatic heterocycles. The molecule has 0 aliphatic heterocycles. The van der Waals surface area contributed by atoms with E-state index in [1.165, 1.54) is 6.08 Å². The largest absolute Gasteiger partial charge is 0.524 e. The first kappa shape index (κ1) is 12.4. The third-order valence-electron chi connectivity index (χ3n) is 0.903. The number of nitrogens with one attached hydrogen (secondary N) is 1. The summed E-state index contributed by atoms with van der Waals surface area (Å²) in [5.41, 5.74) is -3.74. The summed E-state index contributed by atoms with van der Waals surface area (Å²) in [6.45, 7) is 3.22. The number of hydrogen-bond donors (Lipinski definition) is 1. The Hall–Kier alpha value is -0.600. The first-order valence-electron chi connectivity index (χ1n) is 3.15. The highest BCUT2D eigenvalue weighted by Gasteiger charge is 2.47. The van der Waals surface area contributed by atoms with Gasteiger partial charge < -0.3 is 0 Å². The molecule has 0 atom stereocenters. The second-order valence-electron chi connectivity index (χ2n) is 1.95. The van der Waals surface area contributed by atoms with Gasteiger partial charge in [-0.3, -0.25) is 0 Å². The van der Waals surface area contributed by atoms with Crippen LogP contribution in [0.5, 0.6) is 0 Å². The van der Waals surface area contributed by atoms with E-state index in [1.807, 2.05) is 0 Å². The van der Waals surface area contributed by atoms with Crippen LogP contribution in [0.15, 0.2) is 12.7 Å². The van der Waals surface area contributed by atoms with Gasteiger partial charge in [0.1, 0.15) is 0 Å². The molecule has 0 heterocycles. The molecule has 0 rings (SSSR count). The van der Waals surface area contributed by atoms with Crippen molar-refractivity contribution >= 4 is 10.1 Å². The van der Waals surface area contributed by atoms with Crippen LogP contribution in [0, 0.1) is 0 Å². The molecule has 13 heavy (non-hydrogen) atoms. The SMILES string of the molecule is C=CCCNOS(=O)(=O)C(F)(F)F. The molecule has 78 valence electrons. The Morgan fingerprint density at radius 2 is 2.00 bits per heavy atom. The fourth-order valence-corrected chi connectivity index (χ4v) is 0.660. The molecule has 0 spiro atoms. The zero-order chi connectivity index (χ0) is 10.5. The molecule has 0 amide bonds. The van der Waals surface area contributed by atoms with Crippen LogP contribution in [0.3, 0.4) is 0 Å². The van der Waals surface area contributed by atoms with E-state index < -0.39 is 15.6 Å². The van der Waals surface area contributed by atoms with Crippen molar-refractivity contribution in [2.45, 2.75) is 11.9 Å². The van der Waals surface area contributed by atoms with E-state index in [9.17, 15) is 21.6 Å². The third-order valence-corrected chi connectivity index (χ3v) is 1.81. The minimum absolute atomic E-state index is 0.0567. The van der Waals surface area contributed by atoms with Crippen molar-refractivity contribution in [1.29, 1.82) is 0 Å². The molecule has 1 N–H and O–H groups in total. The molecule has 0 aliphatic rings. The molecule has 0 saturated heterocycles. The van der Waals surface area contributed by atoms with Crippen LogP contribution in [0.4, 0.5) is 13.2 Å². The fourth-order valence-electron chi connectivity index (χ4n) is 0.327. The van der Waals surface area contributed by atoms with Gasteiger partial charge in [-0.05, 0) is 6.42 Å². The molecule has 0 saturated carbocycles. The van der Waals surface area contributed by atoms with Gasteiger partial charge in [-0.1, -0.05) is 6.08 Å². The molecule has 0 unspecified atom stereocenters. The fraction of sp³-hybridized carbons (Fsp3) is 0.600. The third kappa shape index (κ3) is 4.25. The standard InChI is InChI=1S/C5H8F3NO3S/c1-2-3-4-9-12-13(10,11)5(6,7)8/h2,9H,1,3-4H2. The lowest BCUT2D eigenvalue weighted by Gasteiger charge is -2.07. The van der Waals surface area contributed by atoms with Crippen molar-refractivity contribution in [1.82, 2.24) is 5.48 Å². The molecule has 8 heteroatoms. The number of rotatable bonds is 5. The van der Waals surface area contributed by atoms with E-state index in [2.05, 4.69) is 10.9 Å². The van der Waals surface area contributed by atoms with Gasteiger partial charge in [-0.25, -0.2) is 0 Å². The molecular weight excluding hydrogens is 211 g/mol. The van der Waals surface area contributed by atoms with E-state index in [4.69, 9.17) is 0 Å². The van der Waals surface area contributed by atoms with Crippen LogP contribution >= 0.6 is 0 Å². The van der Waals surface area contributed by atoms with Crippen molar-refractivity contribution in [2.75, 3.05) is 6.54 Å². The van der Waals surface area contributed by atoms with Gasteiger partial charge in [0.15, 0.2) is 0 Å². The van der Waals surface area contributed by atoms with Crippen molar-refractivity contribution in [2.24, 2.45) is 0 Å². The van der Waals surface area contributed by atoms with Crippen LogP contribution in [0.2, 0.25) is 0 Å². The second-order valence-corrected chi connectivity index (χ2v) is 3.49. The topological polar surface area (TPSA) is 55.4 Å². The van der Waals surface area contributed by atoms with Gasteiger partial charge in [0.25, 0.3) is 0 Å². The highest BCUT2D eigenvalue weighted by molar-refractivity contribution is 7.87. The molecule has 0 aromatic carbocycles. The predicted octanol–water partition coefficient (Wildman–Crippen LogP) is 0.933. The van der Waals surface area contributed by atoms with Crippen LogP contribution in [-0.2, 0) is 14.4 Å². The molecule has 4 nitrogen and oxygen atoms in total. The lowest BCUT2D eigenvalue weighted by atomic mass is 10.4. The van der Waals surface area contributed by atoms with Crippen molar-refractivity contribution < 1.29 is 25.9 Å². The van der Waals surface area contributed by atoms with Crippen molar-refractivity contribution in [3.05, 3.63) is 12.7 Å². The van der Waals surface area contributed by atoms with Crippen LogP contribution in [0.1, 0.15) is 6.42 Å². The van der Waals surface area contributed by atoms with Crippen molar-refractivity contribution in [3.8, 4) is 0 Å². The zero-order valence-electron chi connectivity index (χ0n) is 6.47. The maximum Gasteiger partial charge on any atom is 0.524 e. The maximum atomic E-state index is 11.6. The molecular formula is C5H8F3NO3S. The van der Waals surface area contributed by atoms with Gasteiger partial charge in [0, 0.05) is 6.54 Å². The van der Waals surface area contributed by atoms with E-state index in [0.29, 0.717) is 6.42 Å². The number of hydroxylamine groups is 1.